The number of aromatic nitrogens is 1. The van der Waals surface area contributed by atoms with Crippen molar-refractivity contribution in [2.75, 3.05) is 11.9 Å². The molecule has 1 unspecified atom stereocenters. The highest BCUT2D eigenvalue weighted by Crippen LogP contribution is 2.27. The van der Waals surface area contributed by atoms with Crippen LogP contribution in [0.25, 0.3) is 10.9 Å². The summed E-state index contributed by atoms with van der Waals surface area (Å²) in [5.41, 5.74) is 2.19. The molecule has 2 aromatic carbocycles. The molecule has 3 rings (SSSR count). The van der Waals surface area contributed by atoms with Crippen molar-refractivity contribution >= 4 is 28.3 Å². The van der Waals surface area contributed by atoms with Gasteiger partial charge in [-0.15, -0.1) is 0 Å². The maximum Gasteiger partial charge on any atom is 0.272 e. The molecule has 1 amide bonds. The minimum atomic E-state index is -0.359. The summed E-state index contributed by atoms with van der Waals surface area (Å²) in [5.74, 6) is 0.520. The number of amides is 1. The van der Waals surface area contributed by atoms with E-state index >= 15 is 0 Å². The van der Waals surface area contributed by atoms with Gasteiger partial charge in [0.25, 0.3) is 5.91 Å². The predicted molar refractivity (Wildman–Crippen MR) is 132 cm³/mol. The number of carbonyl (C=O) groups excluding carboxylic acids is 2. The summed E-state index contributed by atoms with van der Waals surface area (Å²) in [6, 6.07) is 14.6. The van der Waals surface area contributed by atoms with E-state index in [-0.39, 0.29) is 23.4 Å². The summed E-state index contributed by atoms with van der Waals surface area (Å²) in [6.07, 6.45) is 2.25. The first kappa shape index (κ1) is 24.5. The van der Waals surface area contributed by atoms with Crippen molar-refractivity contribution < 1.29 is 19.1 Å². The van der Waals surface area contributed by atoms with Gasteiger partial charge in [-0.05, 0) is 63.6 Å². The van der Waals surface area contributed by atoms with Crippen LogP contribution in [0.3, 0.4) is 0 Å². The van der Waals surface area contributed by atoms with E-state index < -0.39 is 0 Å². The van der Waals surface area contributed by atoms with Gasteiger partial charge in [-0.2, -0.15) is 0 Å². The van der Waals surface area contributed by atoms with Crippen LogP contribution in [0.2, 0.25) is 0 Å². The first-order valence-electron chi connectivity index (χ1n) is 11.6. The van der Waals surface area contributed by atoms with Crippen LogP contribution in [0.5, 0.6) is 5.75 Å². The van der Waals surface area contributed by atoms with Gasteiger partial charge in [0.15, 0.2) is 5.78 Å². The molecule has 6 heteroatoms. The van der Waals surface area contributed by atoms with Crippen molar-refractivity contribution in [3.05, 3.63) is 59.8 Å². The van der Waals surface area contributed by atoms with Crippen molar-refractivity contribution in [2.24, 2.45) is 0 Å². The molecule has 2 N–H and O–H groups in total. The molecular formula is C27H34N2O4. The van der Waals surface area contributed by atoms with E-state index in [1.165, 1.54) is 0 Å². The summed E-state index contributed by atoms with van der Waals surface area (Å²) < 4.78 is 12.0. The van der Waals surface area contributed by atoms with Gasteiger partial charge in [0.05, 0.1) is 12.7 Å². The Bertz CT molecular complexity index is 1120. The van der Waals surface area contributed by atoms with Crippen molar-refractivity contribution in [1.82, 2.24) is 4.98 Å². The molecule has 1 atom stereocenters. The molecule has 1 heterocycles. The van der Waals surface area contributed by atoms with Crippen LogP contribution in [-0.4, -0.2) is 35.0 Å². The highest BCUT2D eigenvalue weighted by Gasteiger charge is 2.24. The lowest BCUT2D eigenvalue weighted by molar-refractivity contribution is 0.0120. The lowest BCUT2D eigenvalue weighted by Gasteiger charge is -2.30. The van der Waals surface area contributed by atoms with E-state index in [0.29, 0.717) is 35.7 Å². The van der Waals surface area contributed by atoms with Crippen LogP contribution in [0, 0.1) is 0 Å². The average Bonchev–Trinajstić information content (AvgIpc) is 3.22. The van der Waals surface area contributed by atoms with E-state index in [1.807, 2.05) is 57.2 Å². The Morgan fingerprint density at radius 1 is 1.09 bits per heavy atom. The molecule has 33 heavy (non-hydrogen) atoms. The first-order valence-corrected chi connectivity index (χ1v) is 11.6. The van der Waals surface area contributed by atoms with Gasteiger partial charge in [-0.25, -0.2) is 0 Å². The first-order chi connectivity index (χ1) is 15.7. The van der Waals surface area contributed by atoms with Gasteiger partial charge in [-0.3, -0.25) is 9.59 Å². The molecule has 0 aliphatic carbocycles. The molecule has 1 aromatic heterocycles. The summed E-state index contributed by atoms with van der Waals surface area (Å²) in [5, 5.41) is 3.76. The molecular weight excluding hydrogens is 416 g/mol. The third-order valence-corrected chi connectivity index (χ3v) is 5.79. The second kappa shape index (κ2) is 10.7. The molecule has 0 saturated carbocycles. The molecule has 6 nitrogen and oxygen atoms in total. The molecule has 0 spiro atoms. The standard InChI is InChI=1S/C27H34N2O4/c1-6-25(30)19-11-12-23-20(15-19)16-24(29-23)26(31)28-21-9-8-10-22(17-21)33-27(5,7-2)13-14-32-18(3)4/h8-12,15-18,29H,6-7,13-14H2,1-5H3,(H,28,31). The Kier molecular flexibility index (Phi) is 7.92. The minimum Gasteiger partial charge on any atom is -0.487 e. The van der Waals surface area contributed by atoms with E-state index in [2.05, 4.69) is 24.1 Å². The van der Waals surface area contributed by atoms with E-state index in [0.717, 1.165) is 23.7 Å². The third kappa shape index (κ3) is 6.45. The molecule has 0 fully saturated rings. The van der Waals surface area contributed by atoms with Crippen LogP contribution < -0.4 is 10.1 Å². The summed E-state index contributed by atoms with van der Waals surface area (Å²) in [7, 11) is 0. The lowest BCUT2D eigenvalue weighted by Crippen LogP contribution is -2.33. The number of anilines is 1. The molecule has 0 aliphatic heterocycles. The number of ketones is 1. The smallest absolute Gasteiger partial charge is 0.272 e. The zero-order valence-electron chi connectivity index (χ0n) is 20.2. The Labute approximate surface area is 195 Å². The van der Waals surface area contributed by atoms with E-state index in [4.69, 9.17) is 9.47 Å². The fraction of sp³-hybridized carbons (Fsp3) is 0.407. The second-order valence-electron chi connectivity index (χ2n) is 8.82. The Balaban J connectivity index is 1.70. The van der Waals surface area contributed by atoms with Crippen molar-refractivity contribution in [1.29, 1.82) is 0 Å². The quantitative estimate of drug-likeness (QED) is 0.332. The number of rotatable bonds is 11. The zero-order chi connectivity index (χ0) is 24.0. The predicted octanol–water partition coefficient (Wildman–Crippen LogP) is 6.38. The SMILES string of the molecule is CCC(=O)c1ccc2[nH]c(C(=O)Nc3cccc(OC(C)(CC)CCOC(C)C)c3)cc2c1. The molecule has 0 aliphatic rings. The fourth-order valence-electron chi connectivity index (χ4n) is 3.56. The van der Waals surface area contributed by atoms with E-state index in [9.17, 15) is 9.59 Å². The van der Waals surface area contributed by atoms with Crippen LogP contribution in [0.4, 0.5) is 5.69 Å². The molecule has 0 bridgehead atoms. The molecule has 176 valence electrons. The number of Topliss-reactive ketones (excluding diaryl/α,β-unsaturated/α-hetero) is 1. The number of hydrogen-bond acceptors (Lipinski definition) is 4. The monoisotopic (exact) mass is 450 g/mol. The van der Waals surface area contributed by atoms with Crippen LogP contribution in [0.1, 0.15) is 74.7 Å². The molecule has 3 aromatic rings. The average molecular weight is 451 g/mol. The number of ether oxygens (including phenoxy) is 2. The van der Waals surface area contributed by atoms with Crippen molar-refractivity contribution in [3.63, 3.8) is 0 Å². The third-order valence-electron chi connectivity index (χ3n) is 5.79. The van der Waals surface area contributed by atoms with Gasteiger partial charge in [0.1, 0.15) is 17.0 Å². The Morgan fingerprint density at radius 3 is 2.58 bits per heavy atom. The Hall–Kier alpha value is -3.12. The zero-order valence-corrected chi connectivity index (χ0v) is 20.2. The van der Waals surface area contributed by atoms with Gasteiger partial charge >= 0.3 is 0 Å². The normalized spacial score (nSPS) is 13.2. The van der Waals surface area contributed by atoms with E-state index in [1.54, 1.807) is 12.1 Å². The van der Waals surface area contributed by atoms with Gasteiger partial charge < -0.3 is 19.8 Å². The van der Waals surface area contributed by atoms with Crippen LogP contribution in [-0.2, 0) is 4.74 Å². The summed E-state index contributed by atoms with van der Waals surface area (Å²) in [6.45, 7) is 10.7. The van der Waals surface area contributed by atoms with Crippen molar-refractivity contribution in [3.8, 4) is 5.75 Å². The summed E-state index contributed by atoms with van der Waals surface area (Å²) >= 11 is 0. The molecule has 0 radical (unpaired) electrons. The topological polar surface area (TPSA) is 80.4 Å². The highest BCUT2D eigenvalue weighted by atomic mass is 16.5. The number of hydrogen-bond donors (Lipinski definition) is 2. The lowest BCUT2D eigenvalue weighted by atomic mass is 9.99. The maximum absolute atomic E-state index is 12.8. The van der Waals surface area contributed by atoms with Crippen LogP contribution >= 0.6 is 0 Å². The van der Waals surface area contributed by atoms with Gasteiger partial charge in [-0.1, -0.05) is 19.9 Å². The van der Waals surface area contributed by atoms with Gasteiger partial charge in [0, 0.05) is 41.1 Å². The number of nitrogens with one attached hydrogen (secondary N) is 2. The largest absolute Gasteiger partial charge is 0.487 e. The molecule has 0 saturated heterocycles. The number of fused-ring (bicyclic) bond motifs is 1. The van der Waals surface area contributed by atoms with Crippen LogP contribution in [0.15, 0.2) is 48.5 Å². The minimum absolute atomic E-state index is 0.0794. The Morgan fingerprint density at radius 2 is 1.88 bits per heavy atom. The fourth-order valence-corrected chi connectivity index (χ4v) is 3.56. The number of H-pyrrole nitrogens is 1. The maximum atomic E-state index is 12.8. The number of aromatic amines is 1. The second-order valence-corrected chi connectivity index (χ2v) is 8.82. The van der Waals surface area contributed by atoms with Gasteiger partial charge in [0.2, 0.25) is 0 Å². The number of benzene rings is 2. The highest BCUT2D eigenvalue weighted by molar-refractivity contribution is 6.07. The number of carbonyl (C=O) groups is 2. The van der Waals surface area contributed by atoms with Crippen molar-refractivity contribution in [2.45, 2.75) is 65.6 Å². The summed E-state index contributed by atoms with van der Waals surface area (Å²) in [4.78, 5) is 27.9.